The lowest BCUT2D eigenvalue weighted by atomic mass is 10.1. The van der Waals surface area contributed by atoms with Gasteiger partial charge in [-0.25, -0.2) is 0 Å². The molecule has 1 aromatic heterocycles. The number of rotatable bonds is 7. The van der Waals surface area contributed by atoms with Crippen molar-refractivity contribution in [3.05, 3.63) is 84.2 Å². The summed E-state index contributed by atoms with van der Waals surface area (Å²) in [6.07, 6.45) is 6.64. The van der Waals surface area contributed by atoms with E-state index >= 15 is 0 Å². The zero-order valence-electron chi connectivity index (χ0n) is 16.4. The Labute approximate surface area is 176 Å². The Kier molecular flexibility index (Phi) is 6.70. The van der Waals surface area contributed by atoms with Gasteiger partial charge in [0, 0.05) is 48.0 Å². The van der Waals surface area contributed by atoms with Crippen LogP contribution in [0.2, 0.25) is 0 Å². The van der Waals surface area contributed by atoms with E-state index in [1.54, 1.807) is 0 Å². The first-order valence-electron chi connectivity index (χ1n) is 10.1. The lowest BCUT2D eigenvalue weighted by Crippen LogP contribution is -2.17. The molecule has 1 N–H and O–H groups in total. The molecule has 5 heteroatoms. The van der Waals surface area contributed by atoms with Crippen LogP contribution in [-0.2, 0) is 21.7 Å². The van der Waals surface area contributed by atoms with Crippen LogP contribution in [0.5, 0.6) is 0 Å². The van der Waals surface area contributed by atoms with Gasteiger partial charge in [-0.15, -0.1) is 0 Å². The van der Waals surface area contributed by atoms with Gasteiger partial charge in [-0.2, -0.15) is 11.8 Å². The molecule has 1 fully saturated rings. The molecule has 1 saturated heterocycles. The van der Waals surface area contributed by atoms with Gasteiger partial charge in [-0.05, 0) is 60.4 Å². The molecular formula is C24H26N2O2S. The van der Waals surface area contributed by atoms with E-state index in [1.165, 1.54) is 5.56 Å². The second kappa shape index (κ2) is 9.81. The molecule has 0 saturated carbocycles. The Morgan fingerprint density at radius 2 is 1.76 bits per heavy atom. The Morgan fingerprint density at radius 3 is 2.52 bits per heavy atom. The molecule has 0 radical (unpaired) electrons. The van der Waals surface area contributed by atoms with E-state index in [0.29, 0.717) is 11.7 Å². The predicted octanol–water partition coefficient (Wildman–Crippen LogP) is 5.07. The highest BCUT2D eigenvalue weighted by Crippen LogP contribution is 2.26. The Bertz CT molecular complexity index is 916. The molecule has 0 bridgehead atoms. The molecule has 2 heterocycles. The minimum atomic E-state index is 0.00736. The first-order valence-corrected chi connectivity index (χ1v) is 11.1. The summed E-state index contributed by atoms with van der Waals surface area (Å²) in [4.78, 5) is 12.5. The first kappa shape index (κ1) is 19.8. The van der Waals surface area contributed by atoms with Gasteiger partial charge in [-0.3, -0.25) is 4.79 Å². The summed E-state index contributed by atoms with van der Waals surface area (Å²) in [6.45, 7) is 1.75. The summed E-state index contributed by atoms with van der Waals surface area (Å²) >= 11 is 1.99. The number of nitrogens with zero attached hydrogens (tertiary/aromatic N) is 1. The van der Waals surface area contributed by atoms with Gasteiger partial charge >= 0.3 is 0 Å². The first-order chi connectivity index (χ1) is 14.3. The van der Waals surface area contributed by atoms with Crippen molar-refractivity contribution in [1.82, 2.24) is 4.57 Å². The van der Waals surface area contributed by atoms with Crippen LogP contribution in [-0.4, -0.2) is 28.9 Å². The fourth-order valence-electron chi connectivity index (χ4n) is 3.48. The molecule has 0 unspecified atom stereocenters. The molecule has 0 atom stereocenters. The van der Waals surface area contributed by atoms with Crippen LogP contribution < -0.4 is 5.32 Å². The van der Waals surface area contributed by atoms with Gasteiger partial charge in [0.2, 0.25) is 5.91 Å². The van der Waals surface area contributed by atoms with E-state index in [2.05, 4.69) is 17.4 Å². The second-order valence-corrected chi connectivity index (χ2v) is 8.59. The fourth-order valence-corrected chi connectivity index (χ4v) is 4.61. The van der Waals surface area contributed by atoms with E-state index in [4.69, 9.17) is 4.74 Å². The van der Waals surface area contributed by atoms with E-state index in [9.17, 15) is 4.79 Å². The third-order valence-electron chi connectivity index (χ3n) is 5.07. The van der Waals surface area contributed by atoms with Gasteiger partial charge in [-0.1, -0.05) is 24.3 Å². The molecule has 3 aromatic rings. The van der Waals surface area contributed by atoms with Crippen LogP contribution in [0.25, 0.3) is 5.69 Å². The van der Waals surface area contributed by atoms with E-state index in [-0.39, 0.29) is 5.91 Å². The van der Waals surface area contributed by atoms with Crippen LogP contribution in [0.1, 0.15) is 24.0 Å². The minimum Gasteiger partial charge on any atom is -0.381 e. The van der Waals surface area contributed by atoms with Crippen LogP contribution in [0.3, 0.4) is 0 Å². The number of benzene rings is 2. The van der Waals surface area contributed by atoms with E-state index in [1.807, 2.05) is 77.3 Å². The summed E-state index contributed by atoms with van der Waals surface area (Å²) in [5, 5.41) is 3.71. The van der Waals surface area contributed by atoms with Crippen molar-refractivity contribution < 1.29 is 9.53 Å². The van der Waals surface area contributed by atoms with Crippen molar-refractivity contribution in [2.45, 2.75) is 30.3 Å². The fraction of sp³-hybridized carbons (Fsp3) is 0.292. The molecule has 4 rings (SSSR count). The standard InChI is InChI=1S/C24H26N2O2S/c27-24(17-19-6-8-22(9-7-19)26-12-1-2-13-26)25-21-5-3-4-20(16-21)18-29-23-10-14-28-15-11-23/h1-9,12-13,16,23H,10-11,14-15,17-18H2,(H,25,27). The molecule has 0 spiro atoms. The maximum absolute atomic E-state index is 12.5. The minimum absolute atomic E-state index is 0.00736. The van der Waals surface area contributed by atoms with Crippen LogP contribution in [0, 0.1) is 0 Å². The highest BCUT2D eigenvalue weighted by molar-refractivity contribution is 7.99. The Morgan fingerprint density at radius 1 is 1.00 bits per heavy atom. The maximum atomic E-state index is 12.5. The van der Waals surface area contributed by atoms with Gasteiger partial charge in [0.25, 0.3) is 0 Å². The highest BCUT2D eigenvalue weighted by atomic mass is 32.2. The number of hydrogen-bond acceptors (Lipinski definition) is 3. The van der Waals surface area contributed by atoms with Crippen molar-refractivity contribution in [1.29, 1.82) is 0 Å². The van der Waals surface area contributed by atoms with Crippen molar-refractivity contribution in [2.24, 2.45) is 0 Å². The van der Waals surface area contributed by atoms with Gasteiger partial charge in [0.05, 0.1) is 6.42 Å². The average molecular weight is 407 g/mol. The number of ether oxygens (including phenoxy) is 1. The van der Waals surface area contributed by atoms with Crippen LogP contribution in [0.15, 0.2) is 73.1 Å². The summed E-state index contributed by atoms with van der Waals surface area (Å²) < 4.78 is 7.48. The molecule has 2 aromatic carbocycles. The summed E-state index contributed by atoms with van der Waals surface area (Å²) in [5.41, 5.74) is 4.21. The molecular weight excluding hydrogens is 380 g/mol. The van der Waals surface area contributed by atoms with Crippen molar-refractivity contribution in [3.8, 4) is 5.69 Å². The lowest BCUT2D eigenvalue weighted by Gasteiger charge is -2.21. The summed E-state index contributed by atoms with van der Waals surface area (Å²) in [6, 6.07) is 20.3. The van der Waals surface area contributed by atoms with Crippen molar-refractivity contribution >= 4 is 23.4 Å². The average Bonchev–Trinajstić information content (AvgIpc) is 3.29. The van der Waals surface area contributed by atoms with Crippen molar-refractivity contribution in [3.63, 3.8) is 0 Å². The van der Waals surface area contributed by atoms with Crippen LogP contribution >= 0.6 is 11.8 Å². The highest BCUT2D eigenvalue weighted by Gasteiger charge is 2.14. The Balaban J connectivity index is 1.30. The van der Waals surface area contributed by atoms with Gasteiger partial charge < -0.3 is 14.6 Å². The van der Waals surface area contributed by atoms with E-state index < -0.39 is 0 Å². The molecule has 29 heavy (non-hydrogen) atoms. The molecule has 1 amide bonds. The number of anilines is 1. The SMILES string of the molecule is O=C(Cc1ccc(-n2cccc2)cc1)Nc1cccc(CSC2CCOCC2)c1. The number of carbonyl (C=O) groups is 1. The third kappa shape index (κ3) is 5.75. The quantitative estimate of drug-likeness (QED) is 0.596. The van der Waals surface area contributed by atoms with E-state index in [0.717, 1.165) is 48.7 Å². The largest absolute Gasteiger partial charge is 0.381 e. The Hall–Kier alpha value is -2.50. The molecule has 0 aliphatic carbocycles. The number of thioether (sulfide) groups is 1. The monoisotopic (exact) mass is 406 g/mol. The molecule has 1 aliphatic rings. The number of aromatic nitrogens is 1. The number of amides is 1. The molecule has 150 valence electrons. The van der Waals surface area contributed by atoms with Gasteiger partial charge in [0.1, 0.15) is 0 Å². The van der Waals surface area contributed by atoms with Crippen molar-refractivity contribution in [2.75, 3.05) is 18.5 Å². The van der Waals surface area contributed by atoms with Gasteiger partial charge in [0.15, 0.2) is 0 Å². The number of hydrogen-bond donors (Lipinski definition) is 1. The van der Waals surface area contributed by atoms with Crippen LogP contribution in [0.4, 0.5) is 5.69 Å². The number of carbonyl (C=O) groups excluding carboxylic acids is 1. The predicted molar refractivity (Wildman–Crippen MR) is 120 cm³/mol. The maximum Gasteiger partial charge on any atom is 0.228 e. The zero-order chi connectivity index (χ0) is 19.9. The smallest absolute Gasteiger partial charge is 0.228 e. The summed E-state index contributed by atoms with van der Waals surface area (Å²) in [5.74, 6) is 0.975. The normalized spacial score (nSPS) is 14.6. The summed E-state index contributed by atoms with van der Waals surface area (Å²) in [7, 11) is 0. The molecule has 1 aliphatic heterocycles. The third-order valence-corrected chi connectivity index (χ3v) is 6.51. The topological polar surface area (TPSA) is 43.3 Å². The lowest BCUT2D eigenvalue weighted by molar-refractivity contribution is -0.115. The molecule has 4 nitrogen and oxygen atoms in total. The second-order valence-electron chi connectivity index (χ2n) is 7.30. The zero-order valence-corrected chi connectivity index (χ0v) is 17.2. The number of nitrogens with one attached hydrogen (secondary N) is 1.